The van der Waals surface area contributed by atoms with E-state index in [-0.39, 0.29) is 18.8 Å². The Bertz CT molecular complexity index is 446. The molecule has 3 nitrogen and oxygen atoms in total. The fraction of sp³-hybridized carbons (Fsp3) is 0.182. The van der Waals surface area contributed by atoms with Gasteiger partial charge in [0.25, 0.3) is 0 Å². The number of hydrogen-bond donors (Lipinski definition) is 1. The average molecular weight is 226 g/mol. The van der Waals surface area contributed by atoms with Crippen LogP contribution in [0.25, 0.3) is 0 Å². The monoisotopic (exact) mass is 226 g/mol. The number of hydrogen-bond acceptors (Lipinski definition) is 3. The van der Waals surface area contributed by atoms with Crippen molar-refractivity contribution in [3.05, 3.63) is 35.4 Å². The number of halogens is 2. The molecule has 1 aromatic carbocycles. The van der Waals surface area contributed by atoms with Gasteiger partial charge < -0.3 is 9.84 Å². The molecule has 1 aromatic rings. The Morgan fingerprint density at radius 1 is 1.38 bits per heavy atom. The highest BCUT2D eigenvalue weighted by molar-refractivity contribution is 5.89. The van der Waals surface area contributed by atoms with Gasteiger partial charge in [0, 0.05) is 6.07 Å². The summed E-state index contributed by atoms with van der Waals surface area (Å²) in [6.45, 7) is -0.599. The SMILES string of the molecule is O=C(OCC#CCO)c1ccc(F)cc1F. The van der Waals surface area contributed by atoms with Gasteiger partial charge in [0.15, 0.2) is 6.61 Å². The van der Waals surface area contributed by atoms with Gasteiger partial charge in [0.2, 0.25) is 0 Å². The number of rotatable bonds is 2. The molecule has 0 fully saturated rings. The summed E-state index contributed by atoms with van der Waals surface area (Å²) in [7, 11) is 0. The van der Waals surface area contributed by atoms with Crippen molar-refractivity contribution >= 4 is 5.97 Å². The molecule has 0 amide bonds. The van der Waals surface area contributed by atoms with Crippen LogP contribution < -0.4 is 0 Å². The molecule has 0 aliphatic carbocycles. The van der Waals surface area contributed by atoms with E-state index in [1.165, 1.54) is 0 Å². The van der Waals surface area contributed by atoms with Gasteiger partial charge in [-0.1, -0.05) is 11.8 Å². The molecule has 0 aromatic heterocycles. The minimum atomic E-state index is -0.986. The molecule has 5 heteroatoms. The maximum atomic E-state index is 13.1. The van der Waals surface area contributed by atoms with Crippen LogP contribution in [0.4, 0.5) is 8.78 Å². The number of esters is 1. The lowest BCUT2D eigenvalue weighted by Gasteiger charge is -2.01. The molecule has 1 rings (SSSR count). The van der Waals surface area contributed by atoms with Gasteiger partial charge in [0.1, 0.15) is 18.2 Å². The molecule has 0 spiro atoms. The first-order valence-corrected chi connectivity index (χ1v) is 4.34. The van der Waals surface area contributed by atoms with Crippen molar-refractivity contribution < 1.29 is 23.4 Å². The van der Waals surface area contributed by atoms with Crippen LogP contribution in [0.15, 0.2) is 18.2 Å². The van der Waals surface area contributed by atoms with E-state index in [2.05, 4.69) is 16.6 Å². The summed E-state index contributed by atoms with van der Waals surface area (Å²) in [6, 6.07) is 2.54. The van der Waals surface area contributed by atoms with Gasteiger partial charge in [0.05, 0.1) is 5.56 Å². The van der Waals surface area contributed by atoms with Gasteiger partial charge in [-0.25, -0.2) is 13.6 Å². The minimum Gasteiger partial charge on any atom is -0.449 e. The molecule has 0 bridgehead atoms. The van der Waals surface area contributed by atoms with Crippen LogP contribution in [-0.2, 0) is 4.74 Å². The maximum Gasteiger partial charge on any atom is 0.342 e. The van der Waals surface area contributed by atoms with Crippen LogP contribution >= 0.6 is 0 Å². The zero-order valence-electron chi connectivity index (χ0n) is 8.17. The van der Waals surface area contributed by atoms with E-state index in [1.54, 1.807) is 0 Å². The summed E-state index contributed by atoms with van der Waals surface area (Å²) in [4.78, 5) is 11.2. The van der Waals surface area contributed by atoms with E-state index in [1.807, 2.05) is 0 Å². The van der Waals surface area contributed by atoms with Crippen molar-refractivity contribution in [2.45, 2.75) is 0 Å². The van der Waals surface area contributed by atoms with Crippen molar-refractivity contribution in [1.82, 2.24) is 0 Å². The molecule has 0 radical (unpaired) electrons. The van der Waals surface area contributed by atoms with Gasteiger partial charge >= 0.3 is 5.97 Å². The molecule has 0 heterocycles. The van der Waals surface area contributed by atoms with Crippen molar-refractivity contribution in [2.75, 3.05) is 13.2 Å². The standard InChI is InChI=1S/C11H8F2O3/c12-8-3-4-9(10(13)7-8)11(15)16-6-2-1-5-14/h3-4,7,14H,5-6H2. The van der Waals surface area contributed by atoms with Gasteiger partial charge in [-0.3, -0.25) is 0 Å². The Balaban J connectivity index is 2.66. The highest BCUT2D eigenvalue weighted by Crippen LogP contribution is 2.10. The quantitative estimate of drug-likeness (QED) is 0.607. The second kappa shape index (κ2) is 5.83. The summed E-state index contributed by atoms with van der Waals surface area (Å²) >= 11 is 0. The molecule has 0 saturated carbocycles. The molecule has 16 heavy (non-hydrogen) atoms. The third-order valence-corrected chi connectivity index (χ3v) is 1.63. The smallest absolute Gasteiger partial charge is 0.342 e. The van der Waals surface area contributed by atoms with Crippen molar-refractivity contribution in [1.29, 1.82) is 0 Å². The van der Waals surface area contributed by atoms with Crippen molar-refractivity contribution in [2.24, 2.45) is 0 Å². The van der Waals surface area contributed by atoms with Crippen LogP contribution in [0.2, 0.25) is 0 Å². The van der Waals surface area contributed by atoms with E-state index in [0.29, 0.717) is 6.07 Å². The second-order valence-electron chi connectivity index (χ2n) is 2.71. The topological polar surface area (TPSA) is 46.5 Å². The first-order chi connectivity index (χ1) is 7.65. The molecule has 1 N–H and O–H groups in total. The van der Waals surface area contributed by atoms with Gasteiger partial charge in [-0.15, -0.1) is 0 Å². The lowest BCUT2D eigenvalue weighted by Crippen LogP contribution is -2.08. The van der Waals surface area contributed by atoms with Gasteiger partial charge in [-0.05, 0) is 12.1 Å². The number of carbonyl (C=O) groups is 1. The molecular formula is C11H8F2O3. The predicted molar refractivity (Wildman–Crippen MR) is 51.5 cm³/mol. The third kappa shape index (κ3) is 3.33. The number of ether oxygens (including phenoxy) is 1. The Labute approximate surface area is 90.7 Å². The normalized spacial score (nSPS) is 9.19. The number of aliphatic hydroxyl groups excluding tert-OH is 1. The molecule has 0 aliphatic heterocycles. The Morgan fingerprint density at radius 2 is 2.12 bits per heavy atom. The summed E-state index contributed by atoms with van der Waals surface area (Å²) in [5.74, 6) is 1.90. The summed E-state index contributed by atoms with van der Waals surface area (Å²) in [5, 5.41) is 8.31. The summed E-state index contributed by atoms with van der Waals surface area (Å²) in [5.41, 5.74) is -0.354. The van der Waals surface area contributed by atoms with Crippen LogP contribution in [0, 0.1) is 23.5 Å². The average Bonchev–Trinajstić information content (AvgIpc) is 2.24. The largest absolute Gasteiger partial charge is 0.449 e. The van der Waals surface area contributed by atoms with E-state index in [4.69, 9.17) is 5.11 Å². The fourth-order valence-electron chi connectivity index (χ4n) is 0.941. The second-order valence-corrected chi connectivity index (χ2v) is 2.71. The molecule has 0 saturated heterocycles. The Kier molecular flexibility index (Phi) is 4.42. The van der Waals surface area contributed by atoms with Gasteiger partial charge in [-0.2, -0.15) is 0 Å². The predicted octanol–water partition coefficient (Wildman–Crippen LogP) is 1.12. The Hall–Kier alpha value is -1.93. The first-order valence-electron chi connectivity index (χ1n) is 4.34. The number of carbonyl (C=O) groups excluding carboxylic acids is 1. The minimum absolute atomic E-state index is 0.254. The van der Waals surface area contributed by atoms with Crippen LogP contribution in [0.3, 0.4) is 0 Å². The van der Waals surface area contributed by atoms with Crippen molar-refractivity contribution in [3.63, 3.8) is 0 Å². The highest BCUT2D eigenvalue weighted by atomic mass is 19.1. The molecule has 0 atom stereocenters. The van der Waals surface area contributed by atoms with Crippen molar-refractivity contribution in [3.8, 4) is 11.8 Å². The van der Waals surface area contributed by atoms with Crippen LogP contribution in [-0.4, -0.2) is 24.3 Å². The zero-order chi connectivity index (χ0) is 12.0. The first kappa shape index (κ1) is 12.1. The Morgan fingerprint density at radius 3 is 2.75 bits per heavy atom. The lowest BCUT2D eigenvalue weighted by molar-refractivity contribution is 0.0551. The fourth-order valence-corrected chi connectivity index (χ4v) is 0.941. The van der Waals surface area contributed by atoms with E-state index in [9.17, 15) is 13.6 Å². The highest BCUT2D eigenvalue weighted by Gasteiger charge is 2.12. The zero-order valence-corrected chi connectivity index (χ0v) is 8.17. The third-order valence-electron chi connectivity index (χ3n) is 1.63. The lowest BCUT2D eigenvalue weighted by atomic mass is 10.2. The molecular weight excluding hydrogens is 218 g/mol. The molecule has 0 aliphatic rings. The maximum absolute atomic E-state index is 13.1. The molecule has 0 unspecified atom stereocenters. The number of benzene rings is 1. The van der Waals surface area contributed by atoms with Crippen LogP contribution in [0.5, 0.6) is 0 Å². The van der Waals surface area contributed by atoms with Crippen LogP contribution in [0.1, 0.15) is 10.4 Å². The number of aliphatic hydroxyl groups is 1. The van der Waals surface area contributed by atoms with E-state index < -0.39 is 17.6 Å². The summed E-state index contributed by atoms with van der Waals surface area (Å²) in [6.07, 6.45) is 0. The molecule has 84 valence electrons. The van der Waals surface area contributed by atoms with E-state index in [0.717, 1.165) is 12.1 Å². The van der Waals surface area contributed by atoms with E-state index >= 15 is 0 Å². The summed E-state index contributed by atoms with van der Waals surface area (Å²) < 4.78 is 30.1.